The van der Waals surface area contributed by atoms with E-state index in [2.05, 4.69) is 11.8 Å². The van der Waals surface area contributed by atoms with E-state index in [0.717, 1.165) is 6.54 Å². The molecule has 0 bridgehead atoms. The zero-order valence-corrected chi connectivity index (χ0v) is 11.8. The van der Waals surface area contributed by atoms with Crippen LogP contribution in [-0.2, 0) is 6.54 Å². The van der Waals surface area contributed by atoms with Gasteiger partial charge in [-0.05, 0) is 36.8 Å². The van der Waals surface area contributed by atoms with Crippen LogP contribution in [0.4, 0.5) is 0 Å². The van der Waals surface area contributed by atoms with E-state index in [1.165, 1.54) is 44.2 Å². The third-order valence-electron chi connectivity index (χ3n) is 4.13. The van der Waals surface area contributed by atoms with E-state index in [0.29, 0.717) is 11.5 Å². The van der Waals surface area contributed by atoms with Crippen LogP contribution < -0.4 is 5.46 Å². The Morgan fingerprint density at radius 3 is 2.53 bits per heavy atom. The van der Waals surface area contributed by atoms with E-state index in [9.17, 15) is 0 Å². The topological polar surface area (TPSA) is 43.7 Å². The first-order chi connectivity index (χ1) is 9.20. The van der Waals surface area contributed by atoms with Crippen molar-refractivity contribution < 1.29 is 10.0 Å². The first kappa shape index (κ1) is 14.6. The number of hydrogen-bond donors (Lipinski definition) is 2. The Hall–Kier alpha value is -0.835. The van der Waals surface area contributed by atoms with Gasteiger partial charge in [0.1, 0.15) is 0 Å². The van der Waals surface area contributed by atoms with Gasteiger partial charge < -0.3 is 10.0 Å². The Kier molecular flexibility index (Phi) is 5.43. The minimum absolute atomic E-state index is 0.562. The summed E-state index contributed by atoms with van der Waals surface area (Å²) in [6.45, 7) is 4.43. The number of nitrogens with zero attached hydrogens (tertiary/aromatic N) is 1. The van der Waals surface area contributed by atoms with Crippen LogP contribution in [0.25, 0.3) is 0 Å². The third-order valence-corrected chi connectivity index (χ3v) is 4.13. The molecule has 1 heterocycles. The molecule has 4 heteroatoms. The van der Waals surface area contributed by atoms with Gasteiger partial charge in [0.25, 0.3) is 0 Å². The van der Waals surface area contributed by atoms with Gasteiger partial charge in [0.05, 0.1) is 0 Å². The van der Waals surface area contributed by atoms with Crippen LogP contribution >= 0.6 is 0 Å². The van der Waals surface area contributed by atoms with Gasteiger partial charge in [0.2, 0.25) is 0 Å². The Labute approximate surface area is 116 Å². The molecule has 0 amide bonds. The number of likely N-dealkylation sites (tertiary alicyclic amines) is 1. The SMILES string of the molecule is CCC1CCCCCN1Cc1ccc(B(O)O)cc1. The van der Waals surface area contributed by atoms with Crippen molar-refractivity contribution in [3.63, 3.8) is 0 Å². The van der Waals surface area contributed by atoms with Crippen LogP contribution in [0.15, 0.2) is 24.3 Å². The molecule has 1 aliphatic heterocycles. The van der Waals surface area contributed by atoms with Gasteiger partial charge in [-0.3, -0.25) is 4.90 Å². The van der Waals surface area contributed by atoms with E-state index in [1.54, 1.807) is 12.1 Å². The van der Waals surface area contributed by atoms with Crippen LogP contribution in [0.3, 0.4) is 0 Å². The maximum atomic E-state index is 9.10. The molecule has 0 aromatic heterocycles. The maximum absolute atomic E-state index is 9.10. The van der Waals surface area contributed by atoms with E-state index in [4.69, 9.17) is 10.0 Å². The highest BCUT2D eigenvalue weighted by molar-refractivity contribution is 6.58. The summed E-state index contributed by atoms with van der Waals surface area (Å²) in [6, 6.07) is 8.32. The highest BCUT2D eigenvalue weighted by Gasteiger charge is 2.19. The second-order valence-corrected chi connectivity index (χ2v) is 5.50. The fraction of sp³-hybridized carbons (Fsp3) is 0.600. The number of rotatable bonds is 4. The number of benzene rings is 1. The fourth-order valence-electron chi connectivity index (χ4n) is 2.94. The molecule has 1 aromatic rings. The van der Waals surface area contributed by atoms with Gasteiger partial charge in [-0.1, -0.05) is 44.0 Å². The molecule has 3 nitrogen and oxygen atoms in total. The molecule has 0 saturated carbocycles. The standard InChI is InChI=1S/C15H24BNO2/c1-2-15-6-4-3-5-11-17(15)12-13-7-9-14(10-8-13)16(18)19/h7-10,15,18-19H,2-6,11-12H2,1H3. The van der Waals surface area contributed by atoms with Crippen LogP contribution in [0, 0.1) is 0 Å². The van der Waals surface area contributed by atoms with E-state index < -0.39 is 7.12 Å². The first-order valence-electron chi connectivity index (χ1n) is 7.39. The molecule has 1 atom stereocenters. The normalized spacial score (nSPS) is 21.1. The van der Waals surface area contributed by atoms with E-state index >= 15 is 0 Å². The summed E-state index contributed by atoms with van der Waals surface area (Å²) in [4.78, 5) is 2.58. The minimum atomic E-state index is -1.37. The van der Waals surface area contributed by atoms with Crippen molar-refractivity contribution >= 4 is 12.6 Å². The van der Waals surface area contributed by atoms with Gasteiger partial charge in [-0.25, -0.2) is 0 Å². The van der Waals surface area contributed by atoms with Crippen molar-refractivity contribution in [1.82, 2.24) is 4.90 Å². The average molecular weight is 261 g/mol. The van der Waals surface area contributed by atoms with Gasteiger partial charge in [-0.2, -0.15) is 0 Å². The summed E-state index contributed by atoms with van der Waals surface area (Å²) >= 11 is 0. The molecule has 0 radical (unpaired) electrons. The lowest BCUT2D eigenvalue weighted by atomic mass is 9.80. The van der Waals surface area contributed by atoms with Gasteiger partial charge in [0, 0.05) is 12.6 Å². The van der Waals surface area contributed by atoms with E-state index in [-0.39, 0.29) is 0 Å². The van der Waals surface area contributed by atoms with Crippen LogP contribution in [0.5, 0.6) is 0 Å². The Morgan fingerprint density at radius 1 is 1.16 bits per heavy atom. The zero-order chi connectivity index (χ0) is 13.7. The van der Waals surface area contributed by atoms with Crippen molar-refractivity contribution in [3.8, 4) is 0 Å². The molecule has 2 rings (SSSR count). The Morgan fingerprint density at radius 2 is 1.89 bits per heavy atom. The first-order valence-corrected chi connectivity index (χ1v) is 7.39. The van der Waals surface area contributed by atoms with Gasteiger partial charge in [-0.15, -0.1) is 0 Å². The molecule has 0 aliphatic carbocycles. The Bertz CT molecular complexity index is 380. The molecule has 2 N–H and O–H groups in total. The largest absolute Gasteiger partial charge is 0.488 e. The lowest BCUT2D eigenvalue weighted by Crippen LogP contribution is -2.34. The molecule has 1 unspecified atom stereocenters. The highest BCUT2D eigenvalue weighted by Crippen LogP contribution is 2.21. The van der Waals surface area contributed by atoms with Crippen LogP contribution in [0.2, 0.25) is 0 Å². The predicted molar refractivity (Wildman–Crippen MR) is 79.2 cm³/mol. The predicted octanol–water partition coefficient (Wildman–Crippen LogP) is 1.52. The Balaban J connectivity index is 2.01. The molecule has 1 aliphatic rings. The maximum Gasteiger partial charge on any atom is 0.488 e. The minimum Gasteiger partial charge on any atom is -0.423 e. The fourth-order valence-corrected chi connectivity index (χ4v) is 2.94. The monoisotopic (exact) mass is 261 g/mol. The molecular formula is C15H24BNO2. The van der Waals surface area contributed by atoms with Crippen LogP contribution in [-0.4, -0.2) is 34.7 Å². The molecule has 1 saturated heterocycles. The second kappa shape index (κ2) is 7.08. The van der Waals surface area contributed by atoms with Crippen LogP contribution in [0.1, 0.15) is 44.6 Å². The van der Waals surface area contributed by atoms with Crippen molar-refractivity contribution in [2.75, 3.05) is 6.54 Å². The number of hydrogen-bond acceptors (Lipinski definition) is 3. The van der Waals surface area contributed by atoms with Gasteiger partial charge in [0.15, 0.2) is 0 Å². The summed E-state index contributed by atoms with van der Waals surface area (Å²) in [7, 11) is -1.37. The van der Waals surface area contributed by atoms with Crippen molar-refractivity contribution in [3.05, 3.63) is 29.8 Å². The van der Waals surface area contributed by atoms with Crippen molar-refractivity contribution in [2.24, 2.45) is 0 Å². The van der Waals surface area contributed by atoms with E-state index in [1.807, 2.05) is 12.1 Å². The third kappa shape index (κ3) is 4.06. The summed E-state index contributed by atoms with van der Waals surface area (Å²) in [5.74, 6) is 0. The lowest BCUT2D eigenvalue weighted by Gasteiger charge is -2.29. The quantitative estimate of drug-likeness (QED) is 0.808. The summed E-state index contributed by atoms with van der Waals surface area (Å²) in [5.41, 5.74) is 1.82. The van der Waals surface area contributed by atoms with Crippen molar-refractivity contribution in [1.29, 1.82) is 0 Å². The molecule has 19 heavy (non-hydrogen) atoms. The zero-order valence-electron chi connectivity index (χ0n) is 11.8. The molecule has 1 aromatic carbocycles. The molecule has 1 fully saturated rings. The average Bonchev–Trinajstić information content (AvgIpc) is 2.64. The lowest BCUT2D eigenvalue weighted by molar-refractivity contribution is 0.186. The highest BCUT2D eigenvalue weighted by atomic mass is 16.4. The molecule has 104 valence electrons. The smallest absolute Gasteiger partial charge is 0.423 e. The molecular weight excluding hydrogens is 237 g/mol. The van der Waals surface area contributed by atoms with Gasteiger partial charge >= 0.3 is 7.12 Å². The summed E-state index contributed by atoms with van der Waals surface area (Å²) in [6.07, 6.45) is 6.52. The second-order valence-electron chi connectivity index (χ2n) is 5.50. The summed E-state index contributed by atoms with van der Waals surface area (Å²) in [5, 5.41) is 18.2. The van der Waals surface area contributed by atoms with Crippen molar-refractivity contribution in [2.45, 2.75) is 51.6 Å². The summed E-state index contributed by atoms with van der Waals surface area (Å²) < 4.78 is 0. The molecule has 0 spiro atoms.